The van der Waals surface area contributed by atoms with Gasteiger partial charge in [-0.3, -0.25) is 0 Å². The van der Waals surface area contributed by atoms with Crippen LogP contribution in [-0.2, 0) is 0 Å². The number of halogens is 5. The lowest BCUT2D eigenvalue weighted by Gasteiger charge is -2.13. The average molecular weight is 396 g/mol. The average Bonchev–Trinajstić information content (AvgIpc) is 2.39. The summed E-state index contributed by atoms with van der Waals surface area (Å²) in [5.41, 5.74) is 0.0492. The van der Waals surface area contributed by atoms with E-state index in [1.165, 1.54) is 0 Å². The molecule has 0 bridgehead atoms. The predicted octanol–water partition coefficient (Wildman–Crippen LogP) is 4.71. The molecule has 1 nitrogen and oxygen atoms in total. The highest BCUT2D eigenvalue weighted by molar-refractivity contribution is 9.13. The van der Waals surface area contributed by atoms with Crippen LogP contribution in [0.5, 0.6) is 0 Å². The standard InChI is InChI=1S/C13H7Br2F3O/c14-8-3-1-6(5-9(8)15)13(19)7-2-4-10(16)12(18)11(7)17/h1-5,13,19H. The van der Waals surface area contributed by atoms with Gasteiger partial charge < -0.3 is 5.11 Å². The number of aliphatic hydroxyl groups is 1. The third-order valence-electron chi connectivity index (χ3n) is 2.62. The van der Waals surface area contributed by atoms with Crippen molar-refractivity contribution in [2.45, 2.75) is 6.10 Å². The maximum absolute atomic E-state index is 13.6. The van der Waals surface area contributed by atoms with E-state index in [2.05, 4.69) is 31.9 Å². The normalized spacial score (nSPS) is 12.5. The number of hydrogen-bond acceptors (Lipinski definition) is 1. The summed E-state index contributed by atoms with van der Waals surface area (Å²) in [6.07, 6.45) is -1.38. The molecule has 0 aliphatic carbocycles. The molecule has 0 amide bonds. The summed E-state index contributed by atoms with van der Waals surface area (Å²) in [5.74, 6) is -4.26. The molecule has 100 valence electrons. The van der Waals surface area contributed by atoms with Crippen LogP contribution in [-0.4, -0.2) is 5.11 Å². The lowest BCUT2D eigenvalue weighted by molar-refractivity contribution is 0.212. The molecule has 0 heterocycles. The fraction of sp³-hybridized carbons (Fsp3) is 0.0769. The van der Waals surface area contributed by atoms with Gasteiger partial charge in [-0.25, -0.2) is 13.2 Å². The molecule has 19 heavy (non-hydrogen) atoms. The smallest absolute Gasteiger partial charge is 0.194 e. The minimum absolute atomic E-state index is 0.312. The van der Waals surface area contributed by atoms with Gasteiger partial charge in [0.05, 0.1) is 0 Å². The second-order valence-electron chi connectivity index (χ2n) is 3.84. The third kappa shape index (κ3) is 2.85. The topological polar surface area (TPSA) is 20.2 Å². The van der Waals surface area contributed by atoms with Crippen LogP contribution < -0.4 is 0 Å². The first-order valence-corrected chi connectivity index (χ1v) is 6.77. The second-order valence-corrected chi connectivity index (χ2v) is 5.55. The molecule has 0 saturated carbocycles. The SMILES string of the molecule is OC(c1ccc(Br)c(Br)c1)c1ccc(F)c(F)c1F. The van der Waals surface area contributed by atoms with Crippen LogP contribution in [0.2, 0.25) is 0 Å². The number of aliphatic hydroxyl groups excluding tert-OH is 1. The van der Waals surface area contributed by atoms with Gasteiger partial charge in [0.15, 0.2) is 17.5 Å². The van der Waals surface area contributed by atoms with E-state index in [1.54, 1.807) is 18.2 Å². The molecule has 0 fully saturated rings. The van der Waals surface area contributed by atoms with E-state index in [0.717, 1.165) is 16.6 Å². The van der Waals surface area contributed by atoms with Gasteiger partial charge >= 0.3 is 0 Å². The van der Waals surface area contributed by atoms with Crippen molar-refractivity contribution in [3.05, 3.63) is 67.9 Å². The van der Waals surface area contributed by atoms with Crippen LogP contribution in [0.15, 0.2) is 39.3 Å². The largest absolute Gasteiger partial charge is 0.384 e. The van der Waals surface area contributed by atoms with Gasteiger partial charge in [-0.15, -0.1) is 0 Å². The van der Waals surface area contributed by atoms with Crippen molar-refractivity contribution in [1.29, 1.82) is 0 Å². The molecule has 2 aromatic carbocycles. The van der Waals surface area contributed by atoms with Crippen LogP contribution >= 0.6 is 31.9 Å². The van der Waals surface area contributed by atoms with E-state index in [4.69, 9.17) is 0 Å². The lowest BCUT2D eigenvalue weighted by atomic mass is 10.0. The van der Waals surface area contributed by atoms with Crippen molar-refractivity contribution in [3.8, 4) is 0 Å². The Hall–Kier alpha value is -0.850. The first-order chi connectivity index (χ1) is 8.91. The zero-order chi connectivity index (χ0) is 14.2. The van der Waals surface area contributed by atoms with Gasteiger partial charge in [0.2, 0.25) is 0 Å². The Morgan fingerprint density at radius 3 is 2.21 bits per heavy atom. The van der Waals surface area contributed by atoms with Crippen molar-refractivity contribution in [1.82, 2.24) is 0 Å². The van der Waals surface area contributed by atoms with Gasteiger partial charge in [-0.05, 0) is 55.6 Å². The molecular weight excluding hydrogens is 389 g/mol. The van der Waals surface area contributed by atoms with Crippen LogP contribution in [0.3, 0.4) is 0 Å². The molecule has 2 rings (SSSR count). The van der Waals surface area contributed by atoms with Crippen molar-refractivity contribution in [2.24, 2.45) is 0 Å². The molecule has 0 spiro atoms. The first-order valence-electron chi connectivity index (χ1n) is 5.18. The van der Waals surface area contributed by atoms with Crippen molar-refractivity contribution < 1.29 is 18.3 Å². The predicted molar refractivity (Wildman–Crippen MR) is 72.2 cm³/mol. The van der Waals surface area contributed by atoms with Crippen LogP contribution in [0.1, 0.15) is 17.2 Å². The Morgan fingerprint density at radius 2 is 1.58 bits per heavy atom. The molecule has 0 aliphatic heterocycles. The van der Waals surface area contributed by atoms with Gasteiger partial charge in [0.25, 0.3) is 0 Å². The highest BCUT2D eigenvalue weighted by Crippen LogP contribution is 2.31. The van der Waals surface area contributed by atoms with Crippen LogP contribution in [0.25, 0.3) is 0 Å². The Bertz CT molecular complexity index is 632. The van der Waals surface area contributed by atoms with Crippen molar-refractivity contribution >= 4 is 31.9 Å². The fourth-order valence-electron chi connectivity index (χ4n) is 1.61. The molecule has 0 radical (unpaired) electrons. The highest BCUT2D eigenvalue weighted by Gasteiger charge is 2.20. The lowest BCUT2D eigenvalue weighted by Crippen LogP contribution is -2.05. The molecule has 1 atom stereocenters. The maximum Gasteiger partial charge on any atom is 0.194 e. The molecular formula is C13H7Br2F3O. The maximum atomic E-state index is 13.6. The van der Waals surface area contributed by atoms with Gasteiger partial charge in [0.1, 0.15) is 6.10 Å². The van der Waals surface area contributed by atoms with Crippen molar-refractivity contribution in [2.75, 3.05) is 0 Å². The fourth-order valence-corrected chi connectivity index (χ4v) is 2.26. The summed E-state index contributed by atoms with van der Waals surface area (Å²) in [6.45, 7) is 0. The summed E-state index contributed by atoms with van der Waals surface area (Å²) >= 11 is 6.50. The number of hydrogen-bond donors (Lipinski definition) is 1. The summed E-state index contributed by atoms with van der Waals surface area (Å²) in [6, 6.07) is 6.58. The van der Waals surface area contributed by atoms with Gasteiger partial charge in [-0.2, -0.15) is 0 Å². The van der Waals surface area contributed by atoms with Crippen LogP contribution in [0.4, 0.5) is 13.2 Å². The van der Waals surface area contributed by atoms with Gasteiger partial charge in [0, 0.05) is 14.5 Å². The van der Waals surface area contributed by atoms with E-state index in [9.17, 15) is 18.3 Å². The number of rotatable bonds is 2. The summed E-state index contributed by atoms with van der Waals surface area (Å²) in [4.78, 5) is 0. The minimum Gasteiger partial charge on any atom is -0.384 e. The zero-order valence-corrected chi connectivity index (χ0v) is 12.5. The molecule has 2 aromatic rings. The van der Waals surface area contributed by atoms with E-state index in [0.29, 0.717) is 10.0 Å². The number of benzene rings is 2. The highest BCUT2D eigenvalue weighted by atomic mass is 79.9. The first kappa shape index (κ1) is 14.6. The minimum atomic E-state index is -1.59. The zero-order valence-electron chi connectivity index (χ0n) is 9.30. The molecule has 0 aromatic heterocycles. The van der Waals surface area contributed by atoms with E-state index < -0.39 is 23.6 Å². The Morgan fingerprint density at radius 1 is 0.895 bits per heavy atom. The van der Waals surface area contributed by atoms with E-state index in [1.807, 2.05) is 0 Å². The second kappa shape index (κ2) is 5.64. The Kier molecular flexibility index (Phi) is 4.32. The molecule has 6 heteroatoms. The quantitative estimate of drug-likeness (QED) is 0.730. The summed E-state index contributed by atoms with van der Waals surface area (Å²) < 4.78 is 41.0. The molecule has 1 N–H and O–H groups in total. The Balaban J connectivity index is 2.47. The van der Waals surface area contributed by atoms with Crippen molar-refractivity contribution in [3.63, 3.8) is 0 Å². The van der Waals surface area contributed by atoms with Gasteiger partial charge in [-0.1, -0.05) is 12.1 Å². The monoisotopic (exact) mass is 394 g/mol. The third-order valence-corrected chi connectivity index (χ3v) is 4.50. The van der Waals surface area contributed by atoms with E-state index >= 15 is 0 Å². The summed E-state index contributed by atoms with van der Waals surface area (Å²) in [7, 11) is 0. The van der Waals surface area contributed by atoms with E-state index in [-0.39, 0.29) is 5.56 Å². The summed E-state index contributed by atoms with van der Waals surface area (Å²) in [5, 5.41) is 10.0. The molecule has 1 unspecified atom stereocenters. The molecule has 0 saturated heterocycles. The van der Waals surface area contributed by atoms with Crippen LogP contribution in [0, 0.1) is 17.5 Å². The Labute approximate surface area is 124 Å². The molecule has 0 aliphatic rings.